The lowest BCUT2D eigenvalue weighted by molar-refractivity contribution is 0.103. The van der Waals surface area contributed by atoms with Crippen molar-refractivity contribution in [1.29, 1.82) is 0 Å². The molecule has 1 aliphatic rings. The summed E-state index contributed by atoms with van der Waals surface area (Å²) in [4.78, 5) is 14.7. The van der Waals surface area contributed by atoms with Gasteiger partial charge in [0.2, 0.25) is 5.78 Å². The van der Waals surface area contributed by atoms with E-state index < -0.39 is 5.82 Å². The highest BCUT2D eigenvalue weighted by Gasteiger charge is 2.22. The average molecular weight is 387 g/mol. The number of thioether (sulfide) groups is 1. The highest BCUT2D eigenvalue weighted by atomic mass is 79.9. The van der Waals surface area contributed by atoms with Crippen LogP contribution in [0, 0.1) is 5.82 Å². The second kappa shape index (κ2) is 6.10. The Hall–Kier alpha value is -0.850. The molecule has 2 aromatic rings. The summed E-state index contributed by atoms with van der Waals surface area (Å²) < 4.78 is 19.0. The minimum atomic E-state index is -0.440. The number of fused-ring (bicyclic) bond motifs is 1. The Morgan fingerprint density at radius 3 is 2.90 bits per heavy atom. The Labute approximate surface area is 138 Å². The SMILES string of the molecule is COc1cc(F)c(Br)cc1C(=O)c1cc2c(s1)CCSC2. The zero-order chi connectivity index (χ0) is 15.0. The molecular formula is C15H12BrFO2S2. The largest absolute Gasteiger partial charge is 0.496 e. The van der Waals surface area contributed by atoms with Crippen LogP contribution < -0.4 is 4.74 Å². The van der Waals surface area contributed by atoms with Gasteiger partial charge < -0.3 is 4.74 Å². The maximum absolute atomic E-state index is 13.6. The van der Waals surface area contributed by atoms with Gasteiger partial charge in [-0.05, 0) is 45.8 Å². The lowest BCUT2D eigenvalue weighted by atomic mass is 10.1. The summed E-state index contributed by atoms with van der Waals surface area (Å²) >= 11 is 6.55. The number of halogens is 2. The molecule has 1 aromatic heterocycles. The molecule has 0 bridgehead atoms. The number of methoxy groups -OCH3 is 1. The number of hydrogen-bond acceptors (Lipinski definition) is 4. The van der Waals surface area contributed by atoms with Gasteiger partial charge in [0.05, 0.1) is 22.0 Å². The van der Waals surface area contributed by atoms with E-state index in [1.165, 1.54) is 29.7 Å². The van der Waals surface area contributed by atoms with Crippen LogP contribution in [0.15, 0.2) is 22.7 Å². The summed E-state index contributed by atoms with van der Waals surface area (Å²) in [5.41, 5.74) is 1.64. The zero-order valence-corrected chi connectivity index (χ0v) is 14.5. The van der Waals surface area contributed by atoms with Gasteiger partial charge in [0.15, 0.2) is 0 Å². The number of aryl methyl sites for hydroxylation is 1. The summed E-state index contributed by atoms with van der Waals surface area (Å²) in [6, 6.07) is 4.69. The molecule has 0 atom stereocenters. The molecule has 3 rings (SSSR count). The van der Waals surface area contributed by atoms with E-state index in [1.807, 2.05) is 17.8 Å². The van der Waals surface area contributed by atoms with Crippen LogP contribution in [0.1, 0.15) is 25.7 Å². The fourth-order valence-electron chi connectivity index (χ4n) is 2.27. The van der Waals surface area contributed by atoms with Crippen LogP contribution in [0.5, 0.6) is 5.75 Å². The van der Waals surface area contributed by atoms with Crippen molar-refractivity contribution in [2.24, 2.45) is 0 Å². The third kappa shape index (κ3) is 2.89. The third-order valence-corrected chi connectivity index (χ3v) is 6.19. The quantitative estimate of drug-likeness (QED) is 0.716. The van der Waals surface area contributed by atoms with Gasteiger partial charge in [0.1, 0.15) is 11.6 Å². The summed E-state index contributed by atoms with van der Waals surface area (Å²) in [7, 11) is 1.44. The topological polar surface area (TPSA) is 26.3 Å². The van der Waals surface area contributed by atoms with E-state index in [0.29, 0.717) is 10.4 Å². The first-order chi connectivity index (χ1) is 10.1. The number of thiophene rings is 1. The molecule has 0 saturated carbocycles. The Morgan fingerprint density at radius 1 is 1.38 bits per heavy atom. The predicted molar refractivity (Wildman–Crippen MR) is 88.3 cm³/mol. The van der Waals surface area contributed by atoms with Crippen molar-refractivity contribution in [2.75, 3.05) is 12.9 Å². The minimum absolute atomic E-state index is 0.114. The predicted octanol–water partition coefficient (Wildman–Crippen LogP) is 4.68. The number of carbonyl (C=O) groups is 1. The fourth-order valence-corrected chi connectivity index (χ4v) is 4.94. The lowest BCUT2D eigenvalue weighted by Gasteiger charge is -2.08. The Balaban J connectivity index is 2.02. The zero-order valence-electron chi connectivity index (χ0n) is 11.2. The van der Waals surface area contributed by atoms with Gasteiger partial charge in [-0.15, -0.1) is 11.3 Å². The van der Waals surface area contributed by atoms with Crippen LogP contribution in [-0.4, -0.2) is 18.6 Å². The van der Waals surface area contributed by atoms with Gasteiger partial charge >= 0.3 is 0 Å². The van der Waals surface area contributed by atoms with Crippen LogP contribution in [-0.2, 0) is 12.2 Å². The van der Waals surface area contributed by atoms with Gasteiger partial charge in [-0.1, -0.05) is 0 Å². The number of rotatable bonds is 3. The average Bonchev–Trinajstić information content (AvgIpc) is 2.92. The first-order valence-electron chi connectivity index (χ1n) is 6.37. The van der Waals surface area contributed by atoms with E-state index in [0.717, 1.165) is 17.9 Å². The second-order valence-corrected chi connectivity index (χ2v) is 7.75. The van der Waals surface area contributed by atoms with E-state index in [9.17, 15) is 9.18 Å². The summed E-state index contributed by atoms with van der Waals surface area (Å²) in [5, 5.41) is 0. The van der Waals surface area contributed by atoms with Gasteiger partial charge in [0, 0.05) is 16.7 Å². The molecule has 2 nitrogen and oxygen atoms in total. The van der Waals surface area contributed by atoms with E-state index in [4.69, 9.17) is 4.74 Å². The smallest absolute Gasteiger partial charge is 0.206 e. The molecule has 21 heavy (non-hydrogen) atoms. The molecule has 0 amide bonds. The summed E-state index contributed by atoms with van der Waals surface area (Å²) in [6.07, 6.45) is 1.02. The van der Waals surface area contributed by atoms with Crippen molar-refractivity contribution in [1.82, 2.24) is 0 Å². The monoisotopic (exact) mass is 386 g/mol. The van der Waals surface area contributed by atoms with Crippen molar-refractivity contribution < 1.29 is 13.9 Å². The first-order valence-corrected chi connectivity index (χ1v) is 9.13. The summed E-state index contributed by atoms with van der Waals surface area (Å²) in [5.74, 6) is 1.78. The molecular weight excluding hydrogens is 375 g/mol. The van der Waals surface area contributed by atoms with Gasteiger partial charge in [-0.25, -0.2) is 4.39 Å². The van der Waals surface area contributed by atoms with E-state index in [1.54, 1.807) is 11.3 Å². The molecule has 110 valence electrons. The Kier molecular flexibility index (Phi) is 4.38. The Morgan fingerprint density at radius 2 is 2.19 bits per heavy atom. The maximum Gasteiger partial charge on any atom is 0.206 e. The van der Waals surface area contributed by atoms with Crippen LogP contribution in [0.2, 0.25) is 0 Å². The first kappa shape index (κ1) is 15.1. The van der Waals surface area contributed by atoms with Crippen LogP contribution in [0.25, 0.3) is 0 Å². The van der Waals surface area contributed by atoms with Crippen LogP contribution in [0.4, 0.5) is 4.39 Å². The maximum atomic E-state index is 13.6. The normalized spacial score (nSPS) is 13.9. The van der Waals surface area contributed by atoms with E-state index in [2.05, 4.69) is 15.9 Å². The third-order valence-electron chi connectivity index (χ3n) is 3.34. The number of ether oxygens (including phenoxy) is 1. The molecule has 1 aliphatic heterocycles. The van der Waals surface area contributed by atoms with Crippen molar-refractivity contribution >= 4 is 44.8 Å². The molecule has 6 heteroatoms. The van der Waals surface area contributed by atoms with E-state index >= 15 is 0 Å². The molecule has 0 spiro atoms. The highest BCUT2D eigenvalue weighted by molar-refractivity contribution is 9.10. The van der Waals surface area contributed by atoms with Crippen molar-refractivity contribution in [3.63, 3.8) is 0 Å². The molecule has 0 N–H and O–H groups in total. The number of carbonyl (C=O) groups excluding carboxylic acids is 1. The number of ketones is 1. The van der Waals surface area contributed by atoms with Crippen LogP contribution in [0.3, 0.4) is 0 Å². The molecule has 1 aromatic carbocycles. The Bertz CT molecular complexity index is 688. The molecule has 0 saturated heterocycles. The highest BCUT2D eigenvalue weighted by Crippen LogP contribution is 2.35. The summed E-state index contributed by atoms with van der Waals surface area (Å²) in [6.45, 7) is 0. The fraction of sp³-hybridized carbons (Fsp3) is 0.267. The lowest BCUT2D eigenvalue weighted by Crippen LogP contribution is -2.03. The van der Waals surface area contributed by atoms with Crippen molar-refractivity contribution in [3.05, 3.63) is 49.4 Å². The molecule has 2 heterocycles. The van der Waals surface area contributed by atoms with Gasteiger partial charge in [0.25, 0.3) is 0 Å². The van der Waals surface area contributed by atoms with Gasteiger partial charge in [-0.2, -0.15) is 11.8 Å². The number of hydrogen-bond donors (Lipinski definition) is 0. The van der Waals surface area contributed by atoms with Crippen molar-refractivity contribution in [3.8, 4) is 5.75 Å². The minimum Gasteiger partial charge on any atom is -0.496 e. The molecule has 0 radical (unpaired) electrons. The molecule has 0 fully saturated rings. The second-order valence-electron chi connectivity index (χ2n) is 4.66. The van der Waals surface area contributed by atoms with Gasteiger partial charge in [-0.3, -0.25) is 4.79 Å². The number of benzene rings is 1. The van der Waals surface area contributed by atoms with E-state index in [-0.39, 0.29) is 16.0 Å². The molecule has 0 unspecified atom stereocenters. The van der Waals surface area contributed by atoms with Crippen LogP contribution >= 0.6 is 39.0 Å². The standard InChI is InChI=1S/C15H12BrFO2S2/c1-19-12-6-11(17)10(16)5-9(12)15(18)14-4-8-7-20-3-2-13(8)21-14/h4-6H,2-3,7H2,1H3. The van der Waals surface area contributed by atoms with Crippen molar-refractivity contribution in [2.45, 2.75) is 12.2 Å². The molecule has 0 aliphatic carbocycles.